The highest BCUT2D eigenvalue weighted by Gasteiger charge is 2.29. The molecule has 1 aromatic heterocycles. The monoisotopic (exact) mass is 419 g/mol. The van der Waals surface area contributed by atoms with E-state index in [-0.39, 0.29) is 41.9 Å². The minimum Gasteiger partial charge on any atom is -0.354 e. The maximum absolute atomic E-state index is 12.8. The van der Waals surface area contributed by atoms with Crippen LogP contribution in [-0.2, 0) is 21.4 Å². The number of aromatic nitrogens is 2. The number of piperazine rings is 1. The zero-order chi connectivity index (χ0) is 21.0. The average molecular weight is 420 g/mol. The van der Waals surface area contributed by atoms with Crippen molar-refractivity contribution in [2.45, 2.75) is 31.7 Å². The average Bonchev–Trinajstić information content (AvgIpc) is 3.02. The molecule has 0 bridgehead atoms. The van der Waals surface area contributed by atoms with E-state index in [0.29, 0.717) is 19.5 Å². The Morgan fingerprint density at radius 3 is 2.76 bits per heavy atom. The van der Waals surface area contributed by atoms with Crippen molar-refractivity contribution in [2.75, 3.05) is 26.2 Å². The van der Waals surface area contributed by atoms with Gasteiger partial charge in [-0.1, -0.05) is 6.07 Å². The van der Waals surface area contributed by atoms with Crippen molar-refractivity contribution >= 4 is 21.8 Å². The number of nitrogens with zero attached hydrogens (tertiary/aromatic N) is 3. The van der Waals surface area contributed by atoms with Gasteiger partial charge in [-0.05, 0) is 44.5 Å². The molecule has 10 heteroatoms. The Hall–Kier alpha value is -2.72. The van der Waals surface area contributed by atoms with Gasteiger partial charge in [0.05, 0.1) is 17.1 Å². The van der Waals surface area contributed by atoms with Gasteiger partial charge in [-0.2, -0.15) is 9.40 Å². The van der Waals surface area contributed by atoms with Gasteiger partial charge < -0.3 is 10.6 Å². The first kappa shape index (κ1) is 21.0. The van der Waals surface area contributed by atoms with E-state index in [1.54, 1.807) is 6.07 Å². The van der Waals surface area contributed by atoms with Crippen LogP contribution in [0.2, 0.25) is 0 Å². The molecule has 9 nitrogen and oxygen atoms in total. The fourth-order valence-corrected chi connectivity index (χ4v) is 4.64. The number of nitrogens with one attached hydrogen (secondary N) is 2. The molecule has 1 aliphatic heterocycles. The fraction of sp³-hybridized carbons (Fsp3) is 0.421. The molecule has 1 saturated heterocycles. The van der Waals surface area contributed by atoms with E-state index in [4.69, 9.17) is 0 Å². The predicted molar refractivity (Wildman–Crippen MR) is 107 cm³/mol. The topological polar surface area (TPSA) is 113 Å². The number of carbonyl (C=O) groups is 2. The molecule has 1 fully saturated rings. The zero-order valence-electron chi connectivity index (χ0n) is 16.5. The highest BCUT2D eigenvalue weighted by molar-refractivity contribution is 7.89. The van der Waals surface area contributed by atoms with Crippen molar-refractivity contribution in [3.63, 3.8) is 0 Å². The molecular formula is C19H25N5O4S. The number of carbonyl (C=O) groups excluding carboxylic acids is 2. The van der Waals surface area contributed by atoms with Crippen LogP contribution in [0.15, 0.2) is 35.2 Å². The normalized spacial score (nSPS) is 15.2. The highest BCUT2D eigenvalue weighted by atomic mass is 32.2. The molecule has 0 saturated carbocycles. The molecule has 1 aromatic carbocycles. The van der Waals surface area contributed by atoms with Crippen molar-refractivity contribution < 1.29 is 18.0 Å². The van der Waals surface area contributed by atoms with Crippen LogP contribution in [0.1, 0.15) is 28.2 Å². The minimum absolute atomic E-state index is 0.00231. The van der Waals surface area contributed by atoms with Gasteiger partial charge in [-0.3, -0.25) is 14.3 Å². The molecule has 29 heavy (non-hydrogen) atoms. The lowest BCUT2D eigenvalue weighted by Gasteiger charge is -2.26. The lowest BCUT2D eigenvalue weighted by atomic mass is 10.2. The molecule has 2 N–H and O–H groups in total. The number of hydrogen-bond donors (Lipinski definition) is 2. The molecule has 3 rings (SSSR count). The van der Waals surface area contributed by atoms with E-state index in [9.17, 15) is 18.0 Å². The van der Waals surface area contributed by atoms with Crippen LogP contribution >= 0.6 is 0 Å². The largest absolute Gasteiger partial charge is 0.354 e. The van der Waals surface area contributed by atoms with Gasteiger partial charge in [-0.15, -0.1) is 0 Å². The third kappa shape index (κ3) is 5.01. The predicted octanol–water partition coefficient (Wildman–Crippen LogP) is 0.441. The lowest BCUT2D eigenvalue weighted by Crippen LogP contribution is -2.49. The van der Waals surface area contributed by atoms with E-state index in [0.717, 1.165) is 15.7 Å². The summed E-state index contributed by atoms with van der Waals surface area (Å²) in [6.45, 7) is 5.31. The first-order valence-corrected chi connectivity index (χ1v) is 10.9. The zero-order valence-corrected chi connectivity index (χ0v) is 17.3. The molecule has 0 radical (unpaired) electrons. The van der Waals surface area contributed by atoms with Crippen LogP contribution in [0.5, 0.6) is 0 Å². The van der Waals surface area contributed by atoms with Crippen molar-refractivity contribution in [3.8, 4) is 0 Å². The molecular weight excluding hydrogens is 394 g/mol. The third-order valence-electron chi connectivity index (χ3n) is 4.67. The standard InChI is InChI=1S/C19H25N5O4S/c1-14-11-15(2)24(22-14)9-4-7-21-19(26)16-5-3-6-17(12-16)29(27,28)23-10-8-20-18(25)13-23/h3,5-6,11-12H,4,7-10,13H2,1-2H3,(H,20,25)(H,21,26). The second-order valence-electron chi connectivity index (χ2n) is 6.98. The van der Waals surface area contributed by atoms with Gasteiger partial charge in [0.2, 0.25) is 15.9 Å². The molecule has 0 aliphatic carbocycles. The van der Waals surface area contributed by atoms with Crippen molar-refractivity contribution in [1.82, 2.24) is 24.7 Å². The third-order valence-corrected chi connectivity index (χ3v) is 6.51. The first-order valence-electron chi connectivity index (χ1n) is 9.43. The number of amides is 2. The Morgan fingerprint density at radius 2 is 2.07 bits per heavy atom. The summed E-state index contributed by atoms with van der Waals surface area (Å²) in [5, 5.41) is 9.78. The van der Waals surface area contributed by atoms with Crippen LogP contribution in [-0.4, -0.2) is 60.5 Å². The van der Waals surface area contributed by atoms with Crippen molar-refractivity contribution in [2.24, 2.45) is 0 Å². The number of sulfonamides is 1. The molecule has 156 valence electrons. The van der Waals surface area contributed by atoms with Crippen molar-refractivity contribution in [3.05, 3.63) is 47.3 Å². The summed E-state index contributed by atoms with van der Waals surface area (Å²) in [6, 6.07) is 7.87. The summed E-state index contributed by atoms with van der Waals surface area (Å²) in [6.07, 6.45) is 0.703. The molecule has 1 aliphatic rings. The van der Waals surface area contributed by atoms with Gasteiger partial charge in [0.1, 0.15) is 0 Å². The minimum atomic E-state index is -3.83. The van der Waals surface area contributed by atoms with E-state index in [1.165, 1.54) is 18.2 Å². The second kappa shape index (κ2) is 8.75. The Labute approximate surface area is 170 Å². The maximum atomic E-state index is 12.8. The van der Waals surface area contributed by atoms with Gasteiger partial charge in [0, 0.05) is 37.4 Å². The Balaban J connectivity index is 1.60. The number of benzene rings is 1. The number of rotatable bonds is 7. The van der Waals surface area contributed by atoms with Gasteiger partial charge in [-0.25, -0.2) is 8.42 Å². The van der Waals surface area contributed by atoms with Crippen LogP contribution in [0, 0.1) is 13.8 Å². The summed E-state index contributed by atoms with van der Waals surface area (Å²) < 4.78 is 28.5. The summed E-state index contributed by atoms with van der Waals surface area (Å²) in [4.78, 5) is 23.9. The van der Waals surface area contributed by atoms with E-state index in [1.807, 2.05) is 24.6 Å². The Kier molecular flexibility index (Phi) is 6.33. The SMILES string of the molecule is Cc1cc(C)n(CCCNC(=O)c2cccc(S(=O)(=O)N3CCNC(=O)C3)c2)n1. The van der Waals surface area contributed by atoms with E-state index in [2.05, 4.69) is 15.7 Å². The quantitative estimate of drug-likeness (QED) is 0.633. The summed E-state index contributed by atoms with van der Waals surface area (Å²) in [5.74, 6) is -0.678. The van der Waals surface area contributed by atoms with Crippen LogP contribution in [0.25, 0.3) is 0 Å². The smallest absolute Gasteiger partial charge is 0.251 e. The summed E-state index contributed by atoms with van der Waals surface area (Å²) in [5.41, 5.74) is 2.28. The van der Waals surface area contributed by atoms with Crippen LogP contribution in [0.3, 0.4) is 0 Å². The molecule has 0 atom stereocenters. The first-order chi connectivity index (χ1) is 13.8. The van der Waals surface area contributed by atoms with Gasteiger partial charge in [0.15, 0.2) is 0 Å². The van der Waals surface area contributed by atoms with Crippen LogP contribution < -0.4 is 10.6 Å². The highest BCUT2D eigenvalue weighted by Crippen LogP contribution is 2.18. The number of aryl methyl sites for hydroxylation is 3. The van der Waals surface area contributed by atoms with Gasteiger partial charge >= 0.3 is 0 Å². The second-order valence-corrected chi connectivity index (χ2v) is 8.91. The van der Waals surface area contributed by atoms with Crippen molar-refractivity contribution in [1.29, 1.82) is 0 Å². The Morgan fingerprint density at radius 1 is 1.28 bits per heavy atom. The van der Waals surface area contributed by atoms with E-state index >= 15 is 0 Å². The molecule has 0 unspecified atom stereocenters. The van der Waals surface area contributed by atoms with Crippen LogP contribution in [0.4, 0.5) is 0 Å². The molecule has 2 aromatic rings. The molecule has 2 amide bonds. The van der Waals surface area contributed by atoms with E-state index < -0.39 is 10.0 Å². The van der Waals surface area contributed by atoms with Gasteiger partial charge in [0.25, 0.3) is 5.91 Å². The maximum Gasteiger partial charge on any atom is 0.251 e. The summed E-state index contributed by atoms with van der Waals surface area (Å²) >= 11 is 0. The fourth-order valence-electron chi connectivity index (χ4n) is 3.20. The summed E-state index contributed by atoms with van der Waals surface area (Å²) in [7, 11) is -3.83. The Bertz CT molecular complexity index is 1020. The lowest BCUT2D eigenvalue weighted by molar-refractivity contribution is -0.122. The number of hydrogen-bond acceptors (Lipinski definition) is 5. The molecule has 2 heterocycles. The molecule has 0 spiro atoms.